The number of aromatic amines is 1. The van der Waals surface area contributed by atoms with E-state index in [9.17, 15) is 10.1 Å². The van der Waals surface area contributed by atoms with Crippen molar-refractivity contribution in [3.8, 4) is 11.8 Å². The molecule has 0 unspecified atom stereocenters. The van der Waals surface area contributed by atoms with E-state index in [0.717, 1.165) is 11.9 Å². The van der Waals surface area contributed by atoms with Gasteiger partial charge in [0.2, 0.25) is 11.8 Å². The predicted molar refractivity (Wildman–Crippen MR) is 61.6 cm³/mol. The summed E-state index contributed by atoms with van der Waals surface area (Å²) in [4.78, 5) is 17.8. The van der Waals surface area contributed by atoms with Gasteiger partial charge in [-0.15, -0.1) is 5.10 Å². The Morgan fingerprint density at radius 1 is 1.56 bits per heavy atom. The number of hydrogen-bond acceptors (Lipinski definition) is 7. The third-order valence-corrected chi connectivity index (χ3v) is 2.04. The number of ether oxygens (including phenoxy) is 1. The Kier molecular flexibility index (Phi) is 3.04. The van der Waals surface area contributed by atoms with Crippen molar-refractivity contribution in [1.82, 2.24) is 20.2 Å². The molecule has 0 saturated carbocycles. The van der Waals surface area contributed by atoms with E-state index in [2.05, 4.69) is 25.5 Å². The van der Waals surface area contributed by atoms with E-state index in [4.69, 9.17) is 4.74 Å². The molecule has 2 rings (SSSR count). The summed E-state index contributed by atoms with van der Waals surface area (Å²) >= 11 is 0. The second-order valence-corrected chi connectivity index (χ2v) is 3.38. The maximum absolute atomic E-state index is 10.8. The lowest BCUT2D eigenvalue weighted by Crippen LogP contribution is -2.02. The van der Waals surface area contributed by atoms with E-state index in [-0.39, 0.29) is 23.4 Å². The highest BCUT2D eigenvalue weighted by atomic mass is 16.6. The lowest BCUT2D eigenvalue weighted by atomic mass is 10.5. The zero-order chi connectivity index (χ0) is 13.1. The summed E-state index contributed by atoms with van der Waals surface area (Å²) < 4.78 is 5.26. The van der Waals surface area contributed by atoms with Gasteiger partial charge in [0.05, 0.1) is 4.92 Å². The summed E-state index contributed by atoms with van der Waals surface area (Å²) in [6.45, 7) is 1.78. The first-order valence-corrected chi connectivity index (χ1v) is 4.99. The van der Waals surface area contributed by atoms with E-state index >= 15 is 0 Å². The van der Waals surface area contributed by atoms with Crippen LogP contribution in [-0.4, -0.2) is 32.1 Å². The number of rotatable bonds is 4. The Labute approximate surface area is 101 Å². The van der Waals surface area contributed by atoms with Gasteiger partial charge in [-0.2, -0.15) is 4.98 Å². The molecule has 2 aromatic heterocycles. The number of nitrogens with one attached hydrogen (secondary N) is 2. The van der Waals surface area contributed by atoms with Crippen molar-refractivity contribution >= 4 is 11.6 Å². The van der Waals surface area contributed by atoms with Crippen LogP contribution in [0.25, 0.3) is 0 Å². The third-order valence-electron chi connectivity index (χ3n) is 2.04. The first-order chi connectivity index (χ1) is 8.60. The van der Waals surface area contributed by atoms with E-state index < -0.39 is 4.92 Å². The summed E-state index contributed by atoms with van der Waals surface area (Å²) in [5.41, 5.74) is 0.449. The van der Waals surface area contributed by atoms with E-state index in [1.54, 1.807) is 20.0 Å². The Hall–Kier alpha value is -2.71. The Morgan fingerprint density at radius 2 is 2.33 bits per heavy atom. The molecular formula is C9H10N6O3. The lowest BCUT2D eigenvalue weighted by Gasteiger charge is -2.03. The van der Waals surface area contributed by atoms with Crippen molar-refractivity contribution in [1.29, 1.82) is 0 Å². The van der Waals surface area contributed by atoms with Crippen LogP contribution in [0.4, 0.5) is 11.6 Å². The van der Waals surface area contributed by atoms with Crippen LogP contribution in [0, 0.1) is 17.0 Å². The summed E-state index contributed by atoms with van der Waals surface area (Å²) in [5.74, 6) is 0.269. The van der Waals surface area contributed by atoms with E-state index in [1.165, 1.54) is 0 Å². The maximum Gasteiger partial charge on any atom is 0.349 e. The predicted octanol–water partition coefficient (Wildman–Crippen LogP) is 1.25. The van der Waals surface area contributed by atoms with Crippen molar-refractivity contribution in [3.05, 3.63) is 28.1 Å². The van der Waals surface area contributed by atoms with Crippen LogP contribution < -0.4 is 10.1 Å². The largest absolute Gasteiger partial charge is 0.413 e. The number of aryl methyl sites for hydroxylation is 1. The number of aromatic nitrogens is 4. The van der Waals surface area contributed by atoms with Crippen LogP contribution in [0.15, 0.2) is 12.3 Å². The minimum absolute atomic E-state index is 0.161. The molecule has 0 saturated heterocycles. The molecule has 0 radical (unpaired) electrons. The SMILES string of the molecule is CNc1ncc([N+](=O)[O-])c(Oc2cc(C)[nH]n2)n1. The van der Waals surface area contributed by atoms with Crippen molar-refractivity contribution in [3.63, 3.8) is 0 Å². The fourth-order valence-electron chi connectivity index (χ4n) is 1.22. The molecule has 0 aromatic carbocycles. The van der Waals surface area contributed by atoms with Crippen molar-refractivity contribution in [2.75, 3.05) is 12.4 Å². The maximum atomic E-state index is 10.8. The zero-order valence-electron chi connectivity index (χ0n) is 9.67. The summed E-state index contributed by atoms with van der Waals surface area (Å²) in [6, 6.07) is 1.60. The molecule has 9 nitrogen and oxygen atoms in total. The Bertz CT molecular complexity index is 581. The minimum atomic E-state index is -0.617. The molecule has 0 aliphatic carbocycles. The smallest absolute Gasteiger partial charge is 0.349 e. The van der Waals surface area contributed by atoms with Gasteiger partial charge in [-0.05, 0) is 6.92 Å². The van der Waals surface area contributed by atoms with Gasteiger partial charge < -0.3 is 10.1 Å². The standard InChI is InChI=1S/C9H10N6O3/c1-5-3-7(14-13-5)18-8-6(15(16)17)4-11-9(10-2)12-8/h3-4H,1-2H3,(H,13,14)(H,10,11,12). The van der Waals surface area contributed by atoms with Crippen LogP contribution in [0.1, 0.15) is 5.69 Å². The average molecular weight is 250 g/mol. The van der Waals surface area contributed by atoms with Crippen LogP contribution >= 0.6 is 0 Å². The third kappa shape index (κ3) is 2.34. The monoisotopic (exact) mass is 250 g/mol. The van der Waals surface area contributed by atoms with Crippen molar-refractivity contribution < 1.29 is 9.66 Å². The van der Waals surface area contributed by atoms with Gasteiger partial charge in [-0.3, -0.25) is 15.2 Å². The molecule has 2 aromatic rings. The molecule has 0 amide bonds. The van der Waals surface area contributed by atoms with Gasteiger partial charge in [0.1, 0.15) is 6.20 Å². The lowest BCUT2D eigenvalue weighted by molar-refractivity contribution is -0.386. The molecule has 18 heavy (non-hydrogen) atoms. The Balaban J connectivity index is 2.37. The number of hydrogen-bond donors (Lipinski definition) is 2. The molecule has 0 bridgehead atoms. The first-order valence-electron chi connectivity index (χ1n) is 4.99. The van der Waals surface area contributed by atoms with Gasteiger partial charge in [0.15, 0.2) is 0 Å². The molecule has 0 atom stereocenters. The van der Waals surface area contributed by atoms with Gasteiger partial charge in [-0.1, -0.05) is 0 Å². The molecule has 0 aliphatic heterocycles. The van der Waals surface area contributed by atoms with Gasteiger partial charge in [0.25, 0.3) is 0 Å². The molecule has 2 heterocycles. The van der Waals surface area contributed by atoms with Crippen molar-refractivity contribution in [2.24, 2.45) is 0 Å². The molecule has 0 aliphatic rings. The fourth-order valence-corrected chi connectivity index (χ4v) is 1.22. The fraction of sp³-hybridized carbons (Fsp3) is 0.222. The molecule has 2 N–H and O–H groups in total. The molecule has 9 heteroatoms. The van der Waals surface area contributed by atoms with Crippen LogP contribution in [0.2, 0.25) is 0 Å². The summed E-state index contributed by atoms with van der Waals surface area (Å²) in [5, 5.41) is 20.0. The topological polar surface area (TPSA) is 119 Å². The molecule has 94 valence electrons. The molecule has 0 fully saturated rings. The zero-order valence-corrected chi connectivity index (χ0v) is 9.67. The molecular weight excluding hydrogens is 240 g/mol. The highest BCUT2D eigenvalue weighted by Gasteiger charge is 2.20. The minimum Gasteiger partial charge on any atom is -0.413 e. The highest BCUT2D eigenvalue weighted by molar-refractivity contribution is 5.44. The van der Waals surface area contributed by atoms with Crippen LogP contribution in [0.3, 0.4) is 0 Å². The van der Waals surface area contributed by atoms with Crippen LogP contribution in [0.5, 0.6) is 11.8 Å². The van der Waals surface area contributed by atoms with E-state index in [1.807, 2.05) is 0 Å². The normalized spacial score (nSPS) is 10.1. The van der Waals surface area contributed by atoms with E-state index in [0.29, 0.717) is 0 Å². The summed E-state index contributed by atoms with van der Waals surface area (Å²) in [6.07, 6.45) is 1.08. The molecule has 0 spiro atoms. The summed E-state index contributed by atoms with van der Waals surface area (Å²) in [7, 11) is 1.60. The number of H-pyrrole nitrogens is 1. The average Bonchev–Trinajstić information content (AvgIpc) is 2.74. The highest BCUT2D eigenvalue weighted by Crippen LogP contribution is 2.28. The van der Waals surface area contributed by atoms with Crippen molar-refractivity contribution in [2.45, 2.75) is 6.92 Å². The van der Waals surface area contributed by atoms with Gasteiger partial charge >= 0.3 is 11.6 Å². The van der Waals surface area contributed by atoms with Gasteiger partial charge in [-0.25, -0.2) is 4.98 Å². The number of nitro groups is 1. The second kappa shape index (κ2) is 4.65. The number of anilines is 1. The quantitative estimate of drug-likeness (QED) is 0.619. The Morgan fingerprint density at radius 3 is 2.89 bits per heavy atom. The van der Waals surface area contributed by atoms with Gasteiger partial charge in [0, 0.05) is 18.8 Å². The second-order valence-electron chi connectivity index (χ2n) is 3.38. The number of nitrogens with zero attached hydrogens (tertiary/aromatic N) is 4. The first kappa shape index (κ1) is 11.8. The van der Waals surface area contributed by atoms with Crippen LogP contribution in [-0.2, 0) is 0 Å².